The van der Waals surface area contributed by atoms with Crippen LogP contribution in [0.25, 0.3) is 11.8 Å². The van der Waals surface area contributed by atoms with Crippen molar-refractivity contribution in [3.05, 3.63) is 71.4 Å². The number of nitrogens with zero attached hydrogens (tertiary/aromatic N) is 4. The number of likely N-dealkylation sites (tertiary alicyclic amines) is 1. The Hall–Kier alpha value is -2.66. The molecule has 4 rings (SSSR count). The molecule has 3 heterocycles. The lowest BCUT2D eigenvalue weighted by atomic mass is 10.0. The Morgan fingerprint density at radius 1 is 1.16 bits per heavy atom. The van der Waals surface area contributed by atoms with E-state index in [1.54, 1.807) is 6.20 Å². The van der Waals surface area contributed by atoms with Crippen LogP contribution in [-0.2, 0) is 6.54 Å². The molecule has 1 aliphatic rings. The van der Waals surface area contributed by atoms with Crippen molar-refractivity contribution in [2.75, 3.05) is 13.1 Å². The van der Waals surface area contributed by atoms with E-state index >= 15 is 0 Å². The van der Waals surface area contributed by atoms with Gasteiger partial charge in [-0.2, -0.15) is 5.10 Å². The first-order valence-corrected chi connectivity index (χ1v) is 8.70. The second-order valence-corrected chi connectivity index (χ2v) is 6.56. The average molecular weight is 334 g/mol. The molecule has 0 bridgehead atoms. The fourth-order valence-corrected chi connectivity index (χ4v) is 3.24. The van der Waals surface area contributed by atoms with Gasteiger partial charge in [0.2, 0.25) is 0 Å². The van der Waals surface area contributed by atoms with Crippen molar-refractivity contribution in [1.29, 1.82) is 0 Å². The Morgan fingerprint density at radius 2 is 1.96 bits per heavy atom. The Labute approximate surface area is 147 Å². The molecule has 0 saturated carbocycles. The van der Waals surface area contributed by atoms with Crippen molar-refractivity contribution < 1.29 is 4.52 Å². The van der Waals surface area contributed by atoms with Crippen molar-refractivity contribution in [2.45, 2.75) is 26.3 Å². The maximum atomic E-state index is 5.13. The average Bonchev–Trinajstić information content (AvgIpc) is 3.29. The van der Waals surface area contributed by atoms with Crippen molar-refractivity contribution in [3.8, 4) is 5.69 Å². The molecule has 0 radical (unpaired) electrons. The zero-order chi connectivity index (χ0) is 17.1. The van der Waals surface area contributed by atoms with E-state index in [4.69, 9.17) is 4.52 Å². The summed E-state index contributed by atoms with van der Waals surface area (Å²) in [5, 5.41) is 8.32. The van der Waals surface area contributed by atoms with Crippen LogP contribution in [-0.4, -0.2) is 32.9 Å². The smallest absolute Gasteiger partial charge is 0.134 e. The SMILES string of the molecule is Cc1cc(C=C2CCN(Cc3ccc(-n4cccn4)cc3)CC2)no1. The molecule has 25 heavy (non-hydrogen) atoms. The summed E-state index contributed by atoms with van der Waals surface area (Å²) in [5.74, 6) is 0.864. The Kier molecular flexibility index (Phi) is 4.48. The molecule has 3 aromatic rings. The zero-order valence-corrected chi connectivity index (χ0v) is 14.4. The number of hydrogen-bond acceptors (Lipinski definition) is 4. The van der Waals surface area contributed by atoms with E-state index < -0.39 is 0 Å². The van der Waals surface area contributed by atoms with Gasteiger partial charge in [0.15, 0.2) is 0 Å². The first-order valence-electron chi connectivity index (χ1n) is 8.70. The number of piperidine rings is 1. The predicted molar refractivity (Wildman–Crippen MR) is 97.3 cm³/mol. The molecule has 1 fully saturated rings. The van der Waals surface area contributed by atoms with Crippen molar-refractivity contribution in [2.24, 2.45) is 0 Å². The van der Waals surface area contributed by atoms with Crippen LogP contribution in [0.3, 0.4) is 0 Å². The summed E-state index contributed by atoms with van der Waals surface area (Å²) in [4.78, 5) is 2.51. The fourth-order valence-electron chi connectivity index (χ4n) is 3.24. The molecular weight excluding hydrogens is 312 g/mol. The van der Waals surface area contributed by atoms with E-state index in [0.29, 0.717) is 0 Å². The molecule has 0 amide bonds. The zero-order valence-electron chi connectivity index (χ0n) is 14.4. The first-order chi connectivity index (χ1) is 12.3. The second kappa shape index (κ2) is 7.07. The number of benzene rings is 1. The third kappa shape index (κ3) is 3.88. The second-order valence-electron chi connectivity index (χ2n) is 6.56. The van der Waals surface area contributed by atoms with Crippen LogP contribution in [0.2, 0.25) is 0 Å². The van der Waals surface area contributed by atoms with Crippen LogP contribution in [0.4, 0.5) is 0 Å². The quantitative estimate of drug-likeness (QED) is 0.727. The summed E-state index contributed by atoms with van der Waals surface area (Å²) in [7, 11) is 0. The summed E-state index contributed by atoms with van der Waals surface area (Å²) < 4.78 is 7.01. The highest BCUT2D eigenvalue weighted by atomic mass is 16.5. The predicted octanol–water partition coefficient (Wildman–Crippen LogP) is 3.85. The number of aromatic nitrogens is 3. The number of aryl methyl sites for hydroxylation is 1. The molecule has 1 aliphatic heterocycles. The molecule has 0 spiro atoms. The van der Waals surface area contributed by atoms with Crippen LogP contribution >= 0.6 is 0 Å². The fraction of sp³-hybridized carbons (Fsp3) is 0.300. The molecular formula is C20H22N4O. The molecule has 1 saturated heterocycles. The van der Waals surface area contributed by atoms with Gasteiger partial charge < -0.3 is 4.52 Å². The van der Waals surface area contributed by atoms with E-state index in [2.05, 4.69) is 45.5 Å². The molecule has 2 aromatic heterocycles. The van der Waals surface area contributed by atoms with Gasteiger partial charge in [0.25, 0.3) is 0 Å². The van der Waals surface area contributed by atoms with Crippen LogP contribution in [0, 0.1) is 6.92 Å². The van der Waals surface area contributed by atoms with Gasteiger partial charge in [-0.25, -0.2) is 4.68 Å². The van der Waals surface area contributed by atoms with E-state index in [-0.39, 0.29) is 0 Å². The van der Waals surface area contributed by atoms with Gasteiger partial charge in [-0.1, -0.05) is 22.9 Å². The summed E-state index contributed by atoms with van der Waals surface area (Å²) >= 11 is 0. The molecule has 0 aliphatic carbocycles. The Bertz CT molecular complexity index is 836. The van der Waals surface area contributed by atoms with Crippen LogP contribution in [0.15, 0.2) is 58.9 Å². The Balaban J connectivity index is 1.33. The third-order valence-corrected chi connectivity index (χ3v) is 4.61. The molecule has 1 aromatic carbocycles. The van der Waals surface area contributed by atoms with Gasteiger partial charge in [0.05, 0.1) is 5.69 Å². The summed E-state index contributed by atoms with van der Waals surface area (Å²) in [5.41, 5.74) is 4.84. The van der Waals surface area contributed by atoms with E-state index in [1.165, 1.54) is 11.1 Å². The van der Waals surface area contributed by atoms with Gasteiger partial charge in [-0.15, -0.1) is 0 Å². The van der Waals surface area contributed by atoms with E-state index in [1.807, 2.05) is 29.9 Å². The minimum atomic E-state index is 0.864. The maximum absolute atomic E-state index is 5.13. The Morgan fingerprint density at radius 3 is 2.60 bits per heavy atom. The molecule has 5 heteroatoms. The summed E-state index contributed by atoms with van der Waals surface area (Å²) in [6.45, 7) is 5.10. The largest absolute Gasteiger partial charge is 0.361 e. The van der Waals surface area contributed by atoms with Crippen molar-refractivity contribution >= 4 is 6.08 Å². The van der Waals surface area contributed by atoms with Crippen molar-refractivity contribution in [3.63, 3.8) is 0 Å². The minimum absolute atomic E-state index is 0.864. The van der Waals surface area contributed by atoms with Crippen LogP contribution in [0.1, 0.15) is 29.9 Å². The van der Waals surface area contributed by atoms with Crippen LogP contribution < -0.4 is 0 Å². The lowest BCUT2D eigenvalue weighted by Crippen LogP contribution is -2.30. The highest BCUT2D eigenvalue weighted by Gasteiger charge is 2.14. The lowest BCUT2D eigenvalue weighted by Gasteiger charge is -2.28. The van der Waals surface area contributed by atoms with Crippen molar-refractivity contribution in [1.82, 2.24) is 19.8 Å². The monoisotopic (exact) mass is 334 g/mol. The van der Waals surface area contributed by atoms with Gasteiger partial charge in [-0.3, -0.25) is 4.90 Å². The molecule has 128 valence electrons. The first kappa shape index (κ1) is 15.8. The highest BCUT2D eigenvalue weighted by Crippen LogP contribution is 2.21. The topological polar surface area (TPSA) is 47.1 Å². The normalized spacial score (nSPS) is 15.5. The summed E-state index contributed by atoms with van der Waals surface area (Å²) in [6, 6.07) is 12.6. The minimum Gasteiger partial charge on any atom is -0.361 e. The molecule has 5 nitrogen and oxygen atoms in total. The van der Waals surface area contributed by atoms with Gasteiger partial charge >= 0.3 is 0 Å². The van der Waals surface area contributed by atoms with Gasteiger partial charge in [0, 0.05) is 38.1 Å². The highest BCUT2D eigenvalue weighted by molar-refractivity contribution is 5.49. The van der Waals surface area contributed by atoms with Crippen LogP contribution in [0.5, 0.6) is 0 Å². The lowest BCUT2D eigenvalue weighted by molar-refractivity contribution is 0.249. The molecule has 0 atom stereocenters. The van der Waals surface area contributed by atoms with Gasteiger partial charge in [-0.05, 0) is 49.6 Å². The molecule has 0 N–H and O–H groups in total. The number of rotatable bonds is 4. The van der Waals surface area contributed by atoms with Gasteiger partial charge in [0.1, 0.15) is 11.5 Å². The summed E-state index contributed by atoms with van der Waals surface area (Å²) in [6.07, 6.45) is 8.12. The standard InChI is InChI=1S/C20H22N4O/c1-16-13-19(22-25-16)14-17-7-11-23(12-8-17)15-18-3-5-20(6-4-18)24-10-2-9-21-24/h2-6,9-10,13-14H,7-8,11-12,15H2,1H3. The van der Waals surface area contributed by atoms with E-state index in [9.17, 15) is 0 Å². The maximum Gasteiger partial charge on any atom is 0.134 e. The third-order valence-electron chi connectivity index (χ3n) is 4.61. The number of hydrogen-bond donors (Lipinski definition) is 0. The molecule has 0 unspecified atom stereocenters. The van der Waals surface area contributed by atoms with E-state index in [0.717, 1.165) is 49.6 Å².